The predicted molar refractivity (Wildman–Crippen MR) is 70.4 cm³/mol. The van der Waals surface area contributed by atoms with Gasteiger partial charge in [-0.15, -0.1) is 0 Å². The van der Waals surface area contributed by atoms with Gasteiger partial charge >= 0.3 is 5.97 Å². The van der Waals surface area contributed by atoms with Gasteiger partial charge in [-0.3, -0.25) is 4.98 Å². The largest absolute Gasteiger partial charge is 0.480 e. The standard InChI is InChI=1S/C13H19N3O3/c1-3-19-11-8-14-7-10(15-11)16-6-4-5-9(2)12(16)13(17)18/h7-9,12H,3-6H2,1-2H3,(H,17,18). The molecule has 0 aliphatic carbocycles. The van der Waals surface area contributed by atoms with Crippen molar-refractivity contribution in [3.63, 3.8) is 0 Å². The maximum absolute atomic E-state index is 11.4. The average Bonchev–Trinajstić information content (AvgIpc) is 2.38. The highest BCUT2D eigenvalue weighted by Crippen LogP contribution is 2.28. The topological polar surface area (TPSA) is 75.5 Å². The van der Waals surface area contributed by atoms with Crippen LogP contribution < -0.4 is 9.64 Å². The van der Waals surface area contributed by atoms with Crippen molar-refractivity contribution < 1.29 is 14.6 Å². The summed E-state index contributed by atoms with van der Waals surface area (Å²) in [7, 11) is 0. The smallest absolute Gasteiger partial charge is 0.326 e. The van der Waals surface area contributed by atoms with E-state index in [-0.39, 0.29) is 5.92 Å². The minimum atomic E-state index is -0.809. The number of hydrogen-bond acceptors (Lipinski definition) is 5. The number of carboxylic acids is 1. The molecule has 6 heteroatoms. The van der Waals surface area contributed by atoms with Crippen LogP contribution >= 0.6 is 0 Å². The van der Waals surface area contributed by atoms with Crippen LogP contribution in [0.4, 0.5) is 5.82 Å². The number of nitrogens with zero attached hydrogens (tertiary/aromatic N) is 3. The number of ether oxygens (including phenoxy) is 1. The SMILES string of the molecule is CCOc1cncc(N2CCCC(C)C2C(=O)O)n1. The third-order valence-electron chi connectivity index (χ3n) is 3.37. The minimum absolute atomic E-state index is 0.101. The Hall–Kier alpha value is -1.85. The molecule has 104 valence electrons. The summed E-state index contributed by atoms with van der Waals surface area (Å²) in [6.07, 6.45) is 5.02. The van der Waals surface area contributed by atoms with Gasteiger partial charge in [-0.05, 0) is 25.7 Å². The first-order chi connectivity index (χ1) is 9.13. The molecule has 1 fully saturated rings. The van der Waals surface area contributed by atoms with Crippen molar-refractivity contribution in [3.05, 3.63) is 12.4 Å². The number of rotatable bonds is 4. The van der Waals surface area contributed by atoms with Crippen LogP contribution in [0.25, 0.3) is 0 Å². The molecule has 2 atom stereocenters. The Morgan fingerprint density at radius 3 is 3.05 bits per heavy atom. The second-order valence-electron chi connectivity index (χ2n) is 4.74. The highest BCUT2D eigenvalue weighted by atomic mass is 16.5. The number of carboxylic acid groups (broad SMARTS) is 1. The van der Waals surface area contributed by atoms with Crippen LogP contribution in [0.1, 0.15) is 26.7 Å². The Balaban J connectivity index is 2.27. The number of aromatic nitrogens is 2. The monoisotopic (exact) mass is 265 g/mol. The zero-order chi connectivity index (χ0) is 13.8. The first-order valence-corrected chi connectivity index (χ1v) is 6.57. The molecule has 1 N–H and O–H groups in total. The van der Waals surface area contributed by atoms with E-state index in [0.717, 1.165) is 12.8 Å². The van der Waals surface area contributed by atoms with Crippen LogP contribution in [-0.4, -0.2) is 40.2 Å². The Morgan fingerprint density at radius 1 is 1.58 bits per heavy atom. The van der Waals surface area contributed by atoms with Gasteiger partial charge in [-0.25, -0.2) is 4.79 Å². The van der Waals surface area contributed by atoms with E-state index < -0.39 is 12.0 Å². The van der Waals surface area contributed by atoms with Crippen molar-refractivity contribution in [2.45, 2.75) is 32.7 Å². The van der Waals surface area contributed by atoms with Crippen molar-refractivity contribution in [3.8, 4) is 5.88 Å². The van der Waals surface area contributed by atoms with E-state index >= 15 is 0 Å². The fourth-order valence-corrected chi connectivity index (χ4v) is 2.52. The van der Waals surface area contributed by atoms with Crippen LogP contribution in [0.15, 0.2) is 12.4 Å². The summed E-state index contributed by atoms with van der Waals surface area (Å²) in [4.78, 5) is 21.7. The van der Waals surface area contributed by atoms with Gasteiger partial charge in [0.15, 0.2) is 5.82 Å². The fourth-order valence-electron chi connectivity index (χ4n) is 2.52. The lowest BCUT2D eigenvalue weighted by Crippen LogP contribution is -2.49. The molecule has 0 saturated carbocycles. The van der Waals surface area contributed by atoms with Crippen molar-refractivity contribution in [2.75, 3.05) is 18.1 Å². The Kier molecular flexibility index (Phi) is 4.19. The summed E-state index contributed by atoms with van der Waals surface area (Å²) in [5.41, 5.74) is 0. The van der Waals surface area contributed by atoms with Gasteiger partial charge in [0.05, 0.1) is 19.0 Å². The van der Waals surface area contributed by atoms with E-state index in [2.05, 4.69) is 9.97 Å². The summed E-state index contributed by atoms with van der Waals surface area (Å²) in [5.74, 6) is 0.298. The van der Waals surface area contributed by atoms with E-state index in [9.17, 15) is 9.90 Å². The fraction of sp³-hybridized carbons (Fsp3) is 0.615. The Bertz CT molecular complexity index is 453. The predicted octanol–water partition coefficient (Wildman–Crippen LogP) is 1.56. The Labute approximate surface area is 112 Å². The minimum Gasteiger partial charge on any atom is -0.480 e. The Morgan fingerprint density at radius 2 is 2.37 bits per heavy atom. The van der Waals surface area contributed by atoms with Crippen molar-refractivity contribution in [1.82, 2.24) is 9.97 Å². The number of carbonyl (C=O) groups is 1. The molecule has 0 radical (unpaired) electrons. The van der Waals surface area contributed by atoms with Crippen LogP contribution in [0.3, 0.4) is 0 Å². The quantitative estimate of drug-likeness (QED) is 0.890. The number of hydrogen-bond donors (Lipinski definition) is 1. The van der Waals surface area contributed by atoms with Crippen LogP contribution in [0, 0.1) is 5.92 Å². The number of piperidine rings is 1. The molecule has 0 spiro atoms. The highest BCUT2D eigenvalue weighted by molar-refractivity contribution is 5.78. The zero-order valence-corrected chi connectivity index (χ0v) is 11.2. The lowest BCUT2D eigenvalue weighted by Gasteiger charge is -2.37. The molecular formula is C13H19N3O3. The lowest BCUT2D eigenvalue weighted by atomic mass is 9.91. The van der Waals surface area contributed by atoms with Crippen molar-refractivity contribution in [2.24, 2.45) is 5.92 Å². The molecule has 1 aromatic heterocycles. The second-order valence-corrected chi connectivity index (χ2v) is 4.74. The van der Waals surface area contributed by atoms with E-state index in [1.807, 2.05) is 18.7 Å². The van der Waals surface area contributed by atoms with E-state index in [0.29, 0.717) is 24.8 Å². The summed E-state index contributed by atoms with van der Waals surface area (Å²) in [5, 5.41) is 9.39. The molecule has 1 saturated heterocycles. The summed E-state index contributed by atoms with van der Waals surface area (Å²) >= 11 is 0. The maximum Gasteiger partial charge on any atom is 0.326 e. The molecular weight excluding hydrogens is 246 g/mol. The maximum atomic E-state index is 11.4. The van der Waals surface area contributed by atoms with Gasteiger partial charge < -0.3 is 14.7 Å². The highest BCUT2D eigenvalue weighted by Gasteiger charge is 2.35. The summed E-state index contributed by atoms with van der Waals surface area (Å²) < 4.78 is 5.31. The average molecular weight is 265 g/mol. The van der Waals surface area contributed by atoms with Gasteiger partial charge in [0, 0.05) is 6.54 Å². The third-order valence-corrected chi connectivity index (χ3v) is 3.37. The second kappa shape index (κ2) is 5.86. The van der Waals surface area contributed by atoms with Crippen molar-refractivity contribution >= 4 is 11.8 Å². The molecule has 0 bridgehead atoms. The summed E-state index contributed by atoms with van der Waals surface area (Å²) in [6, 6.07) is -0.542. The molecule has 2 unspecified atom stereocenters. The molecule has 0 aromatic carbocycles. The van der Waals surface area contributed by atoms with Gasteiger partial charge in [-0.1, -0.05) is 6.92 Å². The first kappa shape index (κ1) is 13.6. The lowest BCUT2D eigenvalue weighted by molar-refractivity contribution is -0.140. The number of anilines is 1. The van der Waals surface area contributed by atoms with Gasteiger partial charge in [0.25, 0.3) is 0 Å². The normalized spacial score (nSPS) is 23.2. The van der Waals surface area contributed by atoms with Crippen LogP contribution in [-0.2, 0) is 4.79 Å². The van der Waals surface area contributed by atoms with Crippen molar-refractivity contribution in [1.29, 1.82) is 0 Å². The van der Waals surface area contributed by atoms with E-state index in [1.54, 1.807) is 6.20 Å². The molecule has 0 amide bonds. The molecule has 1 aromatic rings. The first-order valence-electron chi connectivity index (χ1n) is 6.57. The van der Waals surface area contributed by atoms with Gasteiger partial charge in [0.2, 0.25) is 5.88 Å². The zero-order valence-electron chi connectivity index (χ0n) is 11.2. The molecule has 1 aliphatic heterocycles. The van der Waals surface area contributed by atoms with Gasteiger partial charge in [-0.2, -0.15) is 4.98 Å². The third kappa shape index (κ3) is 2.94. The van der Waals surface area contributed by atoms with E-state index in [1.165, 1.54) is 6.20 Å². The molecule has 19 heavy (non-hydrogen) atoms. The van der Waals surface area contributed by atoms with E-state index in [4.69, 9.17) is 4.74 Å². The molecule has 6 nitrogen and oxygen atoms in total. The van der Waals surface area contributed by atoms with Crippen LogP contribution in [0.5, 0.6) is 5.88 Å². The molecule has 2 heterocycles. The molecule has 2 rings (SSSR count). The number of aliphatic carboxylic acids is 1. The van der Waals surface area contributed by atoms with Gasteiger partial charge in [0.1, 0.15) is 6.04 Å². The summed E-state index contributed by atoms with van der Waals surface area (Å²) in [6.45, 7) is 5.03. The molecule has 1 aliphatic rings. The van der Waals surface area contributed by atoms with Crippen LogP contribution in [0.2, 0.25) is 0 Å².